The summed E-state index contributed by atoms with van der Waals surface area (Å²) in [5.41, 5.74) is 3.99. The summed E-state index contributed by atoms with van der Waals surface area (Å²) < 4.78 is 90.3. The molecule has 0 atom stereocenters. The van der Waals surface area contributed by atoms with Gasteiger partial charge in [-0.2, -0.15) is 8.78 Å². The molecule has 0 bridgehead atoms. The van der Waals surface area contributed by atoms with E-state index < -0.39 is 41.7 Å². The van der Waals surface area contributed by atoms with Crippen molar-refractivity contribution in [2.75, 3.05) is 5.32 Å². The van der Waals surface area contributed by atoms with E-state index in [0.29, 0.717) is 24.0 Å². The van der Waals surface area contributed by atoms with Crippen LogP contribution >= 0.6 is 0 Å². The Morgan fingerprint density at radius 2 is 1.57 bits per heavy atom. The Balaban J connectivity index is 2.21. The highest BCUT2D eigenvalue weighted by molar-refractivity contribution is 6.11. The molecule has 0 aliphatic carbocycles. The number of nitrogens with two attached hydrogens (primary N) is 1. The van der Waals surface area contributed by atoms with Crippen molar-refractivity contribution in [3.05, 3.63) is 70.7 Å². The predicted octanol–water partition coefficient (Wildman–Crippen LogP) is 4.94. The van der Waals surface area contributed by atoms with E-state index in [9.17, 15) is 30.7 Å². The lowest BCUT2D eigenvalue weighted by Gasteiger charge is -2.11. The predicted molar refractivity (Wildman–Crippen MR) is 91.7 cm³/mol. The second-order valence-electron chi connectivity index (χ2n) is 5.50. The largest absolute Gasteiger partial charge is 0.397 e. The van der Waals surface area contributed by atoms with E-state index in [1.807, 2.05) is 0 Å². The van der Waals surface area contributed by atoms with Gasteiger partial charge in [-0.05, 0) is 17.7 Å². The normalized spacial score (nSPS) is 12.8. The third-order valence-electron chi connectivity index (χ3n) is 3.63. The lowest BCUT2D eigenvalue weighted by atomic mass is 10.0. The summed E-state index contributed by atoms with van der Waals surface area (Å²) in [6.45, 7) is -3.41. The number of aliphatic imine (C=N–C) groups is 1. The maximum absolute atomic E-state index is 13.6. The highest BCUT2D eigenvalue weighted by Crippen LogP contribution is 2.22. The van der Waals surface area contributed by atoms with Crippen LogP contribution in [0, 0.1) is 17.5 Å². The molecule has 0 unspecified atom stereocenters. The van der Waals surface area contributed by atoms with Crippen molar-refractivity contribution in [3.8, 4) is 0 Å². The van der Waals surface area contributed by atoms with Gasteiger partial charge in [0, 0.05) is 41.7 Å². The van der Waals surface area contributed by atoms with Crippen molar-refractivity contribution in [1.82, 2.24) is 0 Å². The number of hydrogen-bond acceptors (Lipinski definition) is 3. The average molecular weight is 405 g/mol. The molecule has 3 nitrogen and oxygen atoms in total. The zero-order valence-corrected chi connectivity index (χ0v) is 14.1. The van der Waals surface area contributed by atoms with Gasteiger partial charge < -0.3 is 11.1 Å². The topological polar surface area (TPSA) is 50.4 Å². The first-order chi connectivity index (χ1) is 13.2. The summed E-state index contributed by atoms with van der Waals surface area (Å²) in [6, 6.07) is 6.39. The molecule has 0 aliphatic heterocycles. The van der Waals surface area contributed by atoms with Crippen LogP contribution in [0.4, 0.5) is 36.4 Å². The molecule has 2 aromatic carbocycles. The number of nitrogens with zero attached hydrogens (tertiary/aromatic N) is 1. The Morgan fingerprint density at radius 3 is 2.07 bits per heavy atom. The number of rotatable bonds is 7. The molecule has 150 valence electrons. The molecular formula is C18H14F7N3. The third kappa shape index (κ3) is 5.48. The minimum Gasteiger partial charge on any atom is -0.397 e. The SMILES string of the molecule is N/C(=C(\C=N\C(F)F)c1ccc(NCc2c(F)cc(F)cc2F)cc1)C(F)F. The van der Waals surface area contributed by atoms with Crippen LogP contribution in [0.15, 0.2) is 47.1 Å². The Hall–Kier alpha value is -3.04. The third-order valence-corrected chi connectivity index (χ3v) is 3.63. The average Bonchev–Trinajstić information content (AvgIpc) is 2.61. The van der Waals surface area contributed by atoms with Gasteiger partial charge in [-0.25, -0.2) is 26.9 Å². The van der Waals surface area contributed by atoms with Gasteiger partial charge in [-0.3, -0.25) is 0 Å². The van der Waals surface area contributed by atoms with E-state index in [1.165, 1.54) is 24.3 Å². The zero-order chi connectivity index (χ0) is 20.8. The number of benzene rings is 2. The monoisotopic (exact) mass is 405 g/mol. The summed E-state index contributed by atoms with van der Waals surface area (Å²) in [5.74, 6) is -3.19. The summed E-state index contributed by atoms with van der Waals surface area (Å²) in [5, 5.41) is 2.68. The van der Waals surface area contributed by atoms with E-state index in [-0.39, 0.29) is 17.7 Å². The molecule has 0 radical (unpaired) electrons. The fraction of sp³-hybridized carbons (Fsp3) is 0.167. The first-order valence-corrected chi connectivity index (χ1v) is 7.76. The fourth-order valence-electron chi connectivity index (χ4n) is 2.26. The number of hydrogen-bond donors (Lipinski definition) is 2. The van der Waals surface area contributed by atoms with Gasteiger partial charge >= 0.3 is 6.55 Å². The summed E-state index contributed by atoms with van der Waals surface area (Å²) >= 11 is 0. The van der Waals surface area contributed by atoms with Crippen molar-refractivity contribution >= 4 is 17.5 Å². The van der Waals surface area contributed by atoms with Gasteiger partial charge in [0.15, 0.2) is 0 Å². The van der Waals surface area contributed by atoms with Crippen molar-refractivity contribution in [2.24, 2.45) is 10.7 Å². The molecule has 0 amide bonds. The van der Waals surface area contributed by atoms with Crippen LogP contribution < -0.4 is 11.1 Å². The van der Waals surface area contributed by atoms with E-state index >= 15 is 0 Å². The van der Waals surface area contributed by atoms with Crippen LogP contribution in [0.1, 0.15) is 11.1 Å². The van der Waals surface area contributed by atoms with Crippen LogP contribution in [0.3, 0.4) is 0 Å². The van der Waals surface area contributed by atoms with Crippen LogP contribution in [0.25, 0.3) is 5.57 Å². The van der Waals surface area contributed by atoms with Crippen LogP contribution in [0.5, 0.6) is 0 Å². The Kier molecular flexibility index (Phi) is 7.02. The van der Waals surface area contributed by atoms with Gasteiger partial charge in [0.25, 0.3) is 6.43 Å². The molecule has 0 saturated carbocycles. The Morgan fingerprint density at radius 1 is 1.00 bits per heavy atom. The molecule has 10 heteroatoms. The van der Waals surface area contributed by atoms with Gasteiger partial charge in [-0.1, -0.05) is 12.1 Å². The number of alkyl halides is 4. The molecular weight excluding hydrogens is 391 g/mol. The van der Waals surface area contributed by atoms with Crippen molar-refractivity contribution in [1.29, 1.82) is 0 Å². The maximum atomic E-state index is 13.6. The van der Waals surface area contributed by atoms with E-state index in [0.717, 1.165) is 0 Å². The Labute approximate surface area is 155 Å². The second-order valence-corrected chi connectivity index (χ2v) is 5.50. The molecule has 0 fully saturated rings. The molecule has 2 aromatic rings. The lowest BCUT2D eigenvalue weighted by Crippen LogP contribution is -2.12. The van der Waals surface area contributed by atoms with Crippen molar-refractivity contribution < 1.29 is 30.7 Å². The van der Waals surface area contributed by atoms with E-state index in [4.69, 9.17) is 5.73 Å². The van der Waals surface area contributed by atoms with Gasteiger partial charge in [0.05, 0.1) is 5.70 Å². The molecule has 0 aromatic heterocycles. The van der Waals surface area contributed by atoms with Crippen LogP contribution in [0.2, 0.25) is 0 Å². The first kappa shape index (κ1) is 21.3. The standard InChI is InChI=1S/C18H14F7N3/c19-10-5-14(20)13(15(21)6-10)8-27-11-3-1-9(2-4-11)12(7-28-18(24)25)16(26)17(22)23/h1-7,17-18,27H,8,26H2/b16-12+,28-7+. The van der Waals surface area contributed by atoms with Gasteiger partial charge in [-0.15, -0.1) is 0 Å². The molecule has 3 N–H and O–H groups in total. The molecule has 2 rings (SSSR count). The van der Waals surface area contributed by atoms with Gasteiger partial charge in [0.2, 0.25) is 0 Å². The maximum Gasteiger partial charge on any atom is 0.331 e. The first-order valence-electron chi connectivity index (χ1n) is 7.76. The van der Waals surface area contributed by atoms with Crippen LogP contribution in [-0.2, 0) is 6.54 Å². The quantitative estimate of drug-likeness (QED) is 0.389. The molecule has 0 saturated heterocycles. The number of allylic oxidation sites excluding steroid dienone is 2. The van der Waals surface area contributed by atoms with E-state index in [1.54, 1.807) is 0 Å². The molecule has 28 heavy (non-hydrogen) atoms. The second kappa shape index (κ2) is 9.25. The number of nitrogens with one attached hydrogen (secondary N) is 1. The molecule has 0 spiro atoms. The van der Waals surface area contributed by atoms with E-state index in [2.05, 4.69) is 10.3 Å². The Bertz CT molecular complexity index is 854. The minimum absolute atomic E-state index is 0.0897. The summed E-state index contributed by atoms with van der Waals surface area (Å²) in [4.78, 5) is 2.77. The molecule has 0 aliphatic rings. The summed E-state index contributed by atoms with van der Waals surface area (Å²) in [6.07, 6.45) is -2.53. The lowest BCUT2D eigenvalue weighted by molar-refractivity contribution is 0.160. The highest BCUT2D eigenvalue weighted by atomic mass is 19.3. The van der Waals surface area contributed by atoms with Crippen molar-refractivity contribution in [2.45, 2.75) is 19.5 Å². The van der Waals surface area contributed by atoms with Gasteiger partial charge in [0.1, 0.15) is 17.5 Å². The smallest absolute Gasteiger partial charge is 0.331 e. The number of anilines is 1. The highest BCUT2D eigenvalue weighted by Gasteiger charge is 2.15. The number of halogens is 7. The van der Waals surface area contributed by atoms with Crippen molar-refractivity contribution in [3.63, 3.8) is 0 Å². The van der Waals surface area contributed by atoms with Crippen LogP contribution in [-0.4, -0.2) is 19.2 Å². The fourth-order valence-corrected chi connectivity index (χ4v) is 2.26. The zero-order valence-electron chi connectivity index (χ0n) is 14.1. The minimum atomic E-state index is -3.10. The summed E-state index contributed by atoms with van der Waals surface area (Å²) in [7, 11) is 0. The molecule has 0 heterocycles.